The molecule has 3 aromatic heterocycles. The number of nitrogen functional groups attached to an aromatic ring is 1. The van der Waals surface area contributed by atoms with E-state index in [1.165, 1.54) is 19.2 Å². The van der Waals surface area contributed by atoms with Crippen LogP contribution in [0.3, 0.4) is 0 Å². The Balaban J connectivity index is 1.80. The van der Waals surface area contributed by atoms with Crippen molar-refractivity contribution >= 4 is 28.3 Å². The summed E-state index contributed by atoms with van der Waals surface area (Å²) in [7, 11) is 0. The average Bonchev–Trinajstić information content (AvgIpc) is 3.24. The fraction of sp³-hybridized carbons (Fsp3) is 0.167. The molecule has 3 heterocycles. The summed E-state index contributed by atoms with van der Waals surface area (Å²) in [5, 5.41) is 3.15. The molecule has 1 atom stereocenters. The number of hydrogen-bond donors (Lipinski definition) is 1. The van der Waals surface area contributed by atoms with E-state index in [4.69, 9.17) is 22.1 Å². The molecule has 0 radical (unpaired) electrons. The summed E-state index contributed by atoms with van der Waals surface area (Å²) >= 11 is 5.68. The van der Waals surface area contributed by atoms with Crippen LogP contribution in [0, 0.1) is 11.6 Å². The molecule has 0 aliphatic rings. The van der Waals surface area contributed by atoms with Crippen molar-refractivity contribution in [1.29, 1.82) is 0 Å². The maximum atomic E-state index is 14.6. The molecule has 8 nitrogen and oxygen atoms in total. The van der Waals surface area contributed by atoms with Gasteiger partial charge in [-0.15, -0.1) is 5.10 Å². The smallest absolute Gasteiger partial charge is 0.334 e. The summed E-state index contributed by atoms with van der Waals surface area (Å²) in [6, 6.07) is 2.16. The van der Waals surface area contributed by atoms with E-state index in [1.54, 1.807) is 0 Å². The Labute approximate surface area is 176 Å². The van der Waals surface area contributed by atoms with E-state index in [9.17, 15) is 17.6 Å². The highest BCUT2D eigenvalue weighted by Crippen LogP contribution is 2.37. The van der Waals surface area contributed by atoms with Crippen molar-refractivity contribution in [2.24, 2.45) is 0 Å². The van der Waals surface area contributed by atoms with Crippen LogP contribution in [-0.4, -0.2) is 29.7 Å². The second-order valence-electron chi connectivity index (χ2n) is 6.30. The number of halogens is 5. The van der Waals surface area contributed by atoms with Gasteiger partial charge in [0.2, 0.25) is 0 Å². The molecule has 0 unspecified atom stereocenters. The number of pyridine rings is 1. The molecule has 0 saturated heterocycles. The van der Waals surface area contributed by atoms with E-state index < -0.39 is 29.3 Å². The minimum atomic E-state index is -2.85. The molecule has 2 N–H and O–H groups in total. The lowest BCUT2D eigenvalue weighted by atomic mass is 10.1. The highest BCUT2D eigenvalue weighted by molar-refractivity contribution is 6.31. The fourth-order valence-corrected chi connectivity index (χ4v) is 3.04. The van der Waals surface area contributed by atoms with Gasteiger partial charge < -0.3 is 10.5 Å². The standard InChI is InChI=1S/C18H12ClF4N7O/c1-7(17-28-6-30(29-17)18(22)23)31-10-4-25-14(15-11(10)16(24)27-5-26-15)8-2-3-9(20)12(19)13(8)21/h2-7,18H,1H3,(H2,24,26,27)/t7-/m0/s1. The number of nitrogens with two attached hydrogens (primary N) is 1. The van der Waals surface area contributed by atoms with Gasteiger partial charge in [0.25, 0.3) is 0 Å². The zero-order chi connectivity index (χ0) is 22.3. The van der Waals surface area contributed by atoms with Crippen molar-refractivity contribution in [2.45, 2.75) is 19.6 Å². The Morgan fingerprint density at radius 3 is 2.61 bits per heavy atom. The molecule has 4 aromatic rings. The van der Waals surface area contributed by atoms with Crippen molar-refractivity contribution in [3.63, 3.8) is 0 Å². The molecule has 0 aliphatic carbocycles. The van der Waals surface area contributed by atoms with Gasteiger partial charge in [-0.25, -0.2) is 28.7 Å². The van der Waals surface area contributed by atoms with E-state index in [2.05, 4.69) is 25.0 Å². The maximum absolute atomic E-state index is 14.6. The summed E-state index contributed by atoms with van der Waals surface area (Å²) in [5.41, 5.74) is 6.02. The van der Waals surface area contributed by atoms with Crippen molar-refractivity contribution in [2.75, 3.05) is 5.73 Å². The van der Waals surface area contributed by atoms with Gasteiger partial charge in [-0.1, -0.05) is 11.6 Å². The quantitative estimate of drug-likeness (QED) is 0.354. The van der Waals surface area contributed by atoms with Gasteiger partial charge in [0, 0.05) is 5.56 Å². The number of benzene rings is 1. The number of anilines is 1. The molecule has 0 fully saturated rings. The lowest BCUT2D eigenvalue weighted by Crippen LogP contribution is -2.09. The molecular formula is C18H12ClF4N7O. The summed E-state index contributed by atoms with van der Waals surface area (Å²) < 4.78 is 59.8. The fourth-order valence-electron chi connectivity index (χ4n) is 2.88. The summed E-state index contributed by atoms with van der Waals surface area (Å²) in [4.78, 5) is 16.0. The highest BCUT2D eigenvalue weighted by atomic mass is 35.5. The predicted molar refractivity (Wildman–Crippen MR) is 102 cm³/mol. The normalized spacial score (nSPS) is 12.5. The second kappa shape index (κ2) is 7.95. The van der Waals surface area contributed by atoms with Crippen molar-refractivity contribution in [1.82, 2.24) is 29.7 Å². The zero-order valence-corrected chi connectivity index (χ0v) is 16.4. The van der Waals surface area contributed by atoms with Gasteiger partial charge in [0.15, 0.2) is 23.5 Å². The predicted octanol–water partition coefficient (Wildman–Crippen LogP) is 4.33. The van der Waals surface area contributed by atoms with Crippen molar-refractivity contribution in [3.05, 3.63) is 53.5 Å². The molecule has 0 amide bonds. The molecular weight excluding hydrogens is 442 g/mol. The van der Waals surface area contributed by atoms with E-state index in [1.807, 2.05) is 0 Å². The van der Waals surface area contributed by atoms with Gasteiger partial charge in [-0.3, -0.25) is 0 Å². The number of nitrogens with zero attached hydrogens (tertiary/aromatic N) is 6. The molecule has 1 aromatic carbocycles. The molecule has 0 aliphatic heterocycles. The molecule has 0 bridgehead atoms. The van der Waals surface area contributed by atoms with Gasteiger partial charge in [-0.2, -0.15) is 13.5 Å². The summed E-state index contributed by atoms with van der Waals surface area (Å²) in [6.45, 7) is -1.32. The number of aromatic nitrogens is 6. The van der Waals surface area contributed by atoms with Crippen LogP contribution in [0.2, 0.25) is 5.02 Å². The van der Waals surface area contributed by atoms with Crippen LogP contribution in [-0.2, 0) is 0 Å². The molecule has 4 rings (SSSR count). The number of fused-ring (bicyclic) bond motifs is 1. The average molecular weight is 454 g/mol. The van der Waals surface area contributed by atoms with Crippen LogP contribution in [0.4, 0.5) is 23.4 Å². The Hall–Kier alpha value is -3.54. The monoisotopic (exact) mass is 453 g/mol. The Kier molecular flexibility index (Phi) is 5.31. The number of alkyl halides is 2. The van der Waals surface area contributed by atoms with Gasteiger partial charge in [0.05, 0.1) is 17.3 Å². The Morgan fingerprint density at radius 1 is 1.13 bits per heavy atom. The Morgan fingerprint density at radius 2 is 1.90 bits per heavy atom. The highest BCUT2D eigenvalue weighted by Gasteiger charge is 2.22. The Bertz CT molecular complexity index is 1280. The topological polar surface area (TPSA) is 105 Å². The van der Waals surface area contributed by atoms with Gasteiger partial charge in [0.1, 0.15) is 34.8 Å². The van der Waals surface area contributed by atoms with Crippen LogP contribution in [0.25, 0.3) is 22.2 Å². The lowest BCUT2D eigenvalue weighted by Gasteiger charge is -2.16. The second-order valence-corrected chi connectivity index (χ2v) is 6.67. The van der Waals surface area contributed by atoms with E-state index in [0.717, 1.165) is 18.7 Å². The molecule has 13 heteroatoms. The first-order valence-corrected chi connectivity index (χ1v) is 9.04. The molecule has 160 valence electrons. The van der Waals surface area contributed by atoms with Crippen molar-refractivity contribution < 1.29 is 22.3 Å². The van der Waals surface area contributed by atoms with Crippen LogP contribution in [0.5, 0.6) is 5.75 Å². The third-order valence-electron chi connectivity index (χ3n) is 4.34. The van der Waals surface area contributed by atoms with E-state index in [0.29, 0.717) is 4.68 Å². The molecule has 0 saturated carbocycles. The van der Waals surface area contributed by atoms with Crippen molar-refractivity contribution in [3.8, 4) is 17.0 Å². The lowest BCUT2D eigenvalue weighted by molar-refractivity contribution is 0.0550. The SMILES string of the molecule is C[C@H](Oc1cnc(-c2ccc(F)c(Cl)c2F)c2ncnc(N)c12)c1ncn(C(F)F)n1. The third-order valence-corrected chi connectivity index (χ3v) is 4.69. The first kappa shape index (κ1) is 20.7. The maximum Gasteiger partial charge on any atom is 0.334 e. The van der Waals surface area contributed by atoms with E-state index in [-0.39, 0.29) is 39.6 Å². The summed E-state index contributed by atoms with van der Waals surface area (Å²) in [6.07, 6.45) is 2.38. The largest absolute Gasteiger partial charge is 0.480 e. The zero-order valence-electron chi connectivity index (χ0n) is 15.6. The number of rotatable bonds is 5. The third kappa shape index (κ3) is 3.69. The van der Waals surface area contributed by atoms with Crippen LogP contribution in [0.15, 0.2) is 31.0 Å². The first-order valence-electron chi connectivity index (χ1n) is 8.66. The van der Waals surface area contributed by atoms with Crippen LogP contribution < -0.4 is 10.5 Å². The first-order chi connectivity index (χ1) is 14.8. The summed E-state index contributed by atoms with van der Waals surface area (Å²) in [5.74, 6) is -1.87. The van der Waals surface area contributed by atoms with Gasteiger partial charge >= 0.3 is 6.55 Å². The van der Waals surface area contributed by atoms with E-state index >= 15 is 0 Å². The molecule has 31 heavy (non-hydrogen) atoms. The minimum absolute atomic E-state index is 0.00413. The minimum Gasteiger partial charge on any atom is -0.480 e. The number of ether oxygens (including phenoxy) is 1. The van der Waals surface area contributed by atoms with Crippen LogP contribution in [0.1, 0.15) is 25.4 Å². The van der Waals surface area contributed by atoms with Crippen LogP contribution >= 0.6 is 11.6 Å². The molecule has 0 spiro atoms. The van der Waals surface area contributed by atoms with Gasteiger partial charge in [-0.05, 0) is 19.1 Å². The number of hydrogen-bond acceptors (Lipinski definition) is 7.